The second-order valence-electron chi connectivity index (χ2n) is 5.16. The molecule has 0 aliphatic heterocycles. The highest BCUT2D eigenvalue weighted by Crippen LogP contribution is 1.97. The summed E-state index contributed by atoms with van der Waals surface area (Å²) >= 11 is 0. The Labute approximate surface area is 127 Å². The summed E-state index contributed by atoms with van der Waals surface area (Å²) in [7, 11) is 0. The summed E-state index contributed by atoms with van der Waals surface area (Å²) in [6, 6.07) is 9.21. The maximum Gasteiger partial charge on any atom is 0.251 e. The summed E-state index contributed by atoms with van der Waals surface area (Å²) in [5, 5.41) is 9.27. The third-order valence-electron chi connectivity index (χ3n) is 2.70. The van der Waals surface area contributed by atoms with E-state index in [-0.39, 0.29) is 5.91 Å². The maximum atomic E-state index is 11.8. The van der Waals surface area contributed by atoms with Gasteiger partial charge in [0.25, 0.3) is 5.91 Å². The topological polar surface area (TPSA) is 65.5 Å². The Morgan fingerprint density at radius 3 is 2.38 bits per heavy atom. The van der Waals surface area contributed by atoms with E-state index in [0.29, 0.717) is 24.6 Å². The van der Waals surface area contributed by atoms with Gasteiger partial charge in [-0.2, -0.15) is 0 Å². The second-order valence-corrected chi connectivity index (χ2v) is 5.16. The standard InChI is InChI=1S/C16H26N4O/c1-4-17-16(20-12-13(2)3)19-11-10-18-15(21)14-8-6-5-7-9-14/h5-9,13H,4,10-12H2,1-3H3,(H,18,21)(H2,17,19,20). The van der Waals surface area contributed by atoms with Crippen molar-refractivity contribution in [2.24, 2.45) is 10.9 Å². The molecular weight excluding hydrogens is 264 g/mol. The van der Waals surface area contributed by atoms with E-state index in [1.807, 2.05) is 25.1 Å². The zero-order valence-electron chi connectivity index (χ0n) is 13.1. The summed E-state index contributed by atoms with van der Waals surface area (Å²) in [4.78, 5) is 16.3. The normalized spacial score (nSPS) is 11.3. The molecule has 0 atom stereocenters. The number of nitrogens with one attached hydrogen (secondary N) is 3. The number of carbonyl (C=O) groups excluding carboxylic acids is 1. The molecule has 1 rings (SSSR count). The van der Waals surface area contributed by atoms with E-state index >= 15 is 0 Å². The minimum absolute atomic E-state index is 0.0541. The molecule has 0 aliphatic rings. The largest absolute Gasteiger partial charge is 0.357 e. The Morgan fingerprint density at radius 2 is 1.76 bits per heavy atom. The van der Waals surface area contributed by atoms with Crippen LogP contribution in [-0.2, 0) is 0 Å². The first-order valence-corrected chi connectivity index (χ1v) is 7.49. The van der Waals surface area contributed by atoms with Crippen LogP contribution in [0.1, 0.15) is 31.1 Å². The third-order valence-corrected chi connectivity index (χ3v) is 2.70. The van der Waals surface area contributed by atoms with Crippen molar-refractivity contribution >= 4 is 11.9 Å². The van der Waals surface area contributed by atoms with Gasteiger partial charge in [-0.3, -0.25) is 9.79 Å². The van der Waals surface area contributed by atoms with Crippen molar-refractivity contribution in [3.8, 4) is 0 Å². The molecule has 0 fully saturated rings. The van der Waals surface area contributed by atoms with Crippen LogP contribution in [0.15, 0.2) is 35.3 Å². The number of benzene rings is 1. The lowest BCUT2D eigenvalue weighted by Crippen LogP contribution is -2.41. The van der Waals surface area contributed by atoms with Crippen LogP contribution in [0.2, 0.25) is 0 Å². The van der Waals surface area contributed by atoms with E-state index in [9.17, 15) is 4.79 Å². The van der Waals surface area contributed by atoms with Crippen LogP contribution in [0.5, 0.6) is 0 Å². The number of nitrogens with zero attached hydrogens (tertiary/aromatic N) is 1. The summed E-state index contributed by atoms with van der Waals surface area (Å²) in [6.07, 6.45) is 0. The number of guanidine groups is 1. The van der Waals surface area contributed by atoms with Gasteiger partial charge < -0.3 is 16.0 Å². The van der Waals surface area contributed by atoms with Crippen LogP contribution in [0.4, 0.5) is 0 Å². The lowest BCUT2D eigenvalue weighted by molar-refractivity contribution is 0.0954. The molecule has 5 heteroatoms. The smallest absolute Gasteiger partial charge is 0.251 e. The predicted molar refractivity (Wildman–Crippen MR) is 87.6 cm³/mol. The van der Waals surface area contributed by atoms with Gasteiger partial charge in [-0.1, -0.05) is 32.0 Å². The van der Waals surface area contributed by atoms with Gasteiger partial charge in [0.1, 0.15) is 0 Å². The Morgan fingerprint density at radius 1 is 1.10 bits per heavy atom. The van der Waals surface area contributed by atoms with Gasteiger partial charge >= 0.3 is 0 Å². The van der Waals surface area contributed by atoms with Gasteiger partial charge in [0, 0.05) is 31.7 Å². The molecule has 3 N–H and O–H groups in total. The highest BCUT2D eigenvalue weighted by molar-refractivity contribution is 5.94. The fraction of sp³-hybridized carbons (Fsp3) is 0.500. The van der Waals surface area contributed by atoms with E-state index < -0.39 is 0 Å². The lowest BCUT2D eigenvalue weighted by atomic mass is 10.2. The maximum absolute atomic E-state index is 11.8. The SMILES string of the molecule is CCNC(=NCC(C)C)NCCNC(=O)c1ccccc1. The van der Waals surface area contributed by atoms with Crippen LogP contribution in [0.3, 0.4) is 0 Å². The zero-order valence-corrected chi connectivity index (χ0v) is 13.1. The number of carbonyl (C=O) groups is 1. The molecule has 0 saturated carbocycles. The summed E-state index contributed by atoms with van der Waals surface area (Å²) in [5.74, 6) is 1.26. The Kier molecular flexibility index (Phi) is 7.94. The van der Waals surface area contributed by atoms with E-state index in [0.717, 1.165) is 19.0 Å². The first kappa shape index (κ1) is 17.0. The molecule has 0 bridgehead atoms. The fourth-order valence-corrected chi connectivity index (χ4v) is 1.66. The molecule has 1 aromatic carbocycles. The van der Waals surface area contributed by atoms with Crippen molar-refractivity contribution < 1.29 is 4.79 Å². The van der Waals surface area contributed by atoms with Crippen LogP contribution < -0.4 is 16.0 Å². The van der Waals surface area contributed by atoms with Gasteiger partial charge in [0.05, 0.1) is 0 Å². The first-order chi connectivity index (χ1) is 10.1. The first-order valence-electron chi connectivity index (χ1n) is 7.49. The van der Waals surface area contributed by atoms with Gasteiger partial charge in [0.2, 0.25) is 0 Å². The van der Waals surface area contributed by atoms with Crippen molar-refractivity contribution in [1.29, 1.82) is 0 Å². The lowest BCUT2D eigenvalue weighted by Gasteiger charge is -2.12. The predicted octanol–water partition coefficient (Wildman–Crippen LogP) is 1.63. The Balaban J connectivity index is 2.31. The van der Waals surface area contributed by atoms with Gasteiger partial charge in [-0.15, -0.1) is 0 Å². The van der Waals surface area contributed by atoms with Gasteiger partial charge in [0.15, 0.2) is 5.96 Å². The van der Waals surface area contributed by atoms with Crippen molar-refractivity contribution in [2.45, 2.75) is 20.8 Å². The minimum Gasteiger partial charge on any atom is -0.357 e. The van der Waals surface area contributed by atoms with Crippen molar-refractivity contribution in [3.63, 3.8) is 0 Å². The molecule has 0 aromatic heterocycles. The molecule has 21 heavy (non-hydrogen) atoms. The number of hydrogen-bond acceptors (Lipinski definition) is 2. The number of hydrogen-bond donors (Lipinski definition) is 3. The molecule has 0 unspecified atom stereocenters. The van der Waals surface area contributed by atoms with Gasteiger partial charge in [-0.05, 0) is 25.0 Å². The van der Waals surface area contributed by atoms with Crippen LogP contribution >= 0.6 is 0 Å². The highest BCUT2D eigenvalue weighted by atomic mass is 16.1. The van der Waals surface area contributed by atoms with Gasteiger partial charge in [-0.25, -0.2) is 0 Å². The highest BCUT2D eigenvalue weighted by Gasteiger charge is 2.03. The van der Waals surface area contributed by atoms with E-state index in [1.54, 1.807) is 12.1 Å². The molecular formula is C16H26N4O. The molecule has 0 heterocycles. The number of aliphatic imine (C=N–C) groups is 1. The van der Waals surface area contributed by atoms with E-state index in [1.165, 1.54) is 0 Å². The number of amides is 1. The molecule has 0 radical (unpaired) electrons. The Bertz CT molecular complexity index is 443. The molecule has 1 aromatic rings. The molecule has 0 spiro atoms. The van der Waals surface area contributed by atoms with Crippen LogP contribution in [0, 0.1) is 5.92 Å². The average Bonchev–Trinajstić information content (AvgIpc) is 2.49. The summed E-state index contributed by atoms with van der Waals surface area (Å²) in [6.45, 7) is 9.10. The fourth-order valence-electron chi connectivity index (χ4n) is 1.66. The van der Waals surface area contributed by atoms with Crippen LogP contribution in [-0.4, -0.2) is 38.0 Å². The molecule has 116 valence electrons. The monoisotopic (exact) mass is 290 g/mol. The molecule has 1 amide bonds. The summed E-state index contributed by atoms with van der Waals surface area (Å²) in [5.41, 5.74) is 0.679. The molecule has 5 nitrogen and oxygen atoms in total. The Hall–Kier alpha value is -2.04. The van der Waals surface area contributed by atoms with Crippen LogP contribution in [0.25, 0.3) is 0 Å². The van der Waals surface area contributed by atoms with Crippen molar-refractivity contribution in [1.82, 2.24) is 16.0 Å². The summed E-state index contributed by atoms with van der Waals surface area (Å²) < 4.78 is 0. The van der Waals surface area contributed by atoms with E-state index in [2.05, 4.69) is 34.8 Å². The zero-order chi connectivity index (χ0) is 15.5. The quantitative estimate of drug-likeness (QED) is 0.406. The average molecular weight is 290 g/mol. The van der Waals surface area contributed by atoms with Crippen molar-refractivity contribution in [2.75, 3.05) is 26.2 Å². The second kappa shape index (κ2) is 9.80. The minimum atomic E-state index is -0.0541. The number of rotatable bonds is 7. The molecule has 0 saturated heterocycles. The third kappa shape index (κ3) is 7.34. The van der Waals surface area contributed by atoms with E-state index in [4.69, 9.17) is 0 Å². The molecule has 0 aliphatic carbocycles. The van der Waals surface area contributed by atoms with Crippen molar-refractivity contribution in [3.05, 3.63) is 35.9 Å².